The van der Waals surface area contributed by atoms with Gasteiger partial charge in [0.15, 0.2) is 4.80 Å². The van der Waals surface area contributed by atoms with Crippen molar-refractivity contribution in [2.45, 2.75) is 13.0 Å². The molecule has 2 heterocycles. The van der Waals surface area contributed by atoms with Gasteiger partial charge in [0.2, 0.25) is 0 Å². The van der Waals surface area contributed by atoms with Gasteiger partial charge in [-0.1, -0.05) is 57.6 Å². The van der Waals surface area contributed by atoms with E-state index in [0.29, 0.717) is 41.2 Å². The number of aromatic hydroxyl groups is 1. The number of carbonyl (C=O) groups is 1. The number of thiazole rings is 1. The molecule has 38 heavy (non-hydrogen) atoms. The van der Waals surface area contributed by atoms with Crippen LogP contribution < -0.4 is 24.9 Å². The maximum Gasteiger partial charge on any atom is 0.271 e. The average molecular weight is 702 g/mol. The zero-order valence-electron chi connectivity index (χ0n) is 20.2. The van der Waals surface area contributed by atoms with Crippen LogP contribution in [-0.2, 0) is 4.79 Å². The molecule has 0 unspecified atom stereocenters. The summed E-state index contributed by atoms with van der Waals surface area (Å²) in [6.45, 7) is 1.77. The number of aromatic nitrogens is 1. The van der Waals surface area contributed by atoms with Crippen LogP contribution in [0.2, 0.25) is 0 Å². The summed E-state index contributed by atoms with van der Waals surface area (Å²) < 4.78 is 8.69. The summed E-state index contributed by atoms with van der Waals surface area (Å²) in [6, 6.07) is 19.3. The fourth-order valence-electron chi connectivity index (χ4n) is 4.27. The molecular weight excluding hydrogens is 681 g/mol. The van der Waals surface area contributed by atoms with E-state index in [1.54, 1.807) is 61.1 Å². The summed E-state index contributed by atoms with van der Waals surface area (Å²) >= 11 is 6.71. The van der Waals surface area contributed by atoms with Crippen LogP contribution in [0.3, 0.4) is 0 Å². The number of ether oxygens (including phenoxy) is 1. The number of hydrogen-bond acceptors (Lipinski definition) is 6. The van der Waals surface area contributed by atoms with E-state index in [9.17, 15) is 14.7 Å². The predicted octanol–water partition coefficient (Wildman–Crippen LogP) is 4.96. The third-order valence-corrected chi connectivity index (χ3v) is 8.34. The highest BCUT2D eigenvalue weighted by molar-refractivity contribution is 14.1. The molecule has 1 atom stereocenters. The van der Waals surface area contributed by atoms with Gasteiger partial charge in [-0.15, -0.1) is 0 Å². The summed E-state index contributed by atoms with van der Waals surface area (Å²) in [7, 11) is 1.58. The lowest BCUT2D eigenvalue weighted by Gasteiger charge is -2.25. The normalized spacial score (nSPS) is 15.2. The minimum absolute atomic E-state index is 0.0884. The molecule has 4 aromatic rings. The maximum atomic E-state index is 13.8. The number of para-hydroxylation sites is 1. The molecule has 0 aliphatic carbocycles. The van der Waals surface area contributed by atoms with E-state index in [4.69, 9.17) is 4.74 Å². The largest absolute Gasteiger partial charge is 0.506 e. The molecule has 0 saturated heterocycles. The van der Waals surface area contributed by atoms with Crippen LogP contribution in [-0.4, -0.2) is 22.7 Å². The Bertz CT molecular complexity index is 1760. The summed E-state index contributed by atoms with van der Waals surface area (Å²) in [4.78, 5) is 32.6. The lowest BCUT2D eigenvalue weighted by atomic mass is 9.95. The Morgan fingerprint density at radius 1 is 1.18 bits per heavy atom. The molecule has 0 spiro atoms. The number of allylic oxidation sites excluding steroid dienone is 1. The number of amides is 1. The first-order valence-corrected chi connectivity index (χ1v) is 14.2. The summed E-state index contributed by atoms with van der Waals surface area (Å²) in [5.74, 6) is 0.411. The Hall–Kier alpha value is -3.22. The van der Waals surface area contributed by atoms with Crippen LogP contribution in [0.4, 0.5) is 5.69 Å². The van der Waals surface area contributed by atoms with Crippen molar-refractivity contribution in [1.29, 1.82) is 0 Å². The molecule has 7 nitrogen and oxygen atoms in total. The van der Waals surface area contributed by atoms with E-state index in [0.717, 1.165) is 10.0 Å². The van der Waals surface area contributed by atoms with Gasteiger partial charge in [0.05, 0.1) is 32.5 Å². The van der Waals surface area contributed by atoms with E-state index < -0.39 is 6.04 Å². The third-order valence-electron chi connectivity index (χ3n) is 6.07. The number of nitrogens with zero attached hydrogens (tertiary/aromatic N) is 2. The van der Waals surface area contributed by atoms with Crippen LogP contribution in [0.1, 0.15) is 24.1 Å². The standard InChI is InChI=1S/C28H21BrIN3O4S/c1-15-23(26(35)32-19-6-4-3-5-7-19)24(16-8-10-20(37-2)11-9-16)33-27(36)22(38-28(33)31-15)13-17-12-18(29)14-21(30)25(17)34/h3-14,24,34H,1-2H3,(H,32,35)/b22-13+/t24-/m1/s1. The van der Waals surface area contributed by atoms with Gasteiger partial charge < -0.3 is 15.2 Å². The highest BCUT2D eigenvalue weighted by atomic mass is 127. The number of rotatable bonds is 5. The smallest absolute Gasteiger partial charge is 0.271 e. The summed E-state index contributed by atoms with van der Waals surface area (Å²) in [5, 5.41) is 13.5. The van der Waals surface area contributed by atoms with E-state index in [1.165, 1.54) is 11.3 Å². The molecule has 1 aromatic heterocycles. The molecule has 10 heteroatoms. The van der Waals surface area contributed by atoms with Crippen LogP contribution in [0.15, 0.2) is 92.3 Å². The predicted molar refractivity (Wildman–Crippen MR) is 160 cm³/mol. The van der Waals surface area contributed by atoms with E-state index in [-0.39, 0.29) is 17.2 Å². The Labute approximate surface area is 244 Å². The number of phenolic OH excluding ortho intramolecular Hbond substituents is 1. The zero-order chi connectivity index (χ0) is 27.0. The first-order chi connectivity index (χ1) is 18.3. The van der Waals surface area contributed by atoms with E-state index in [2.05, 4.69) is 26.2 Å². The third kappa shape index (κ3) is 5.07. The molecule has 3 aromatic carbocycles. The average Bonchev–Trinajstić information content (AvgIpc) is 3.20. The monoisotopic (exact) mass is 701 g/mol. The zero-order valence-corrected chi connectivity index (χ0v) is 24.8. The Morgan fingerprint density at radius 3 is 2.58 bits per heavy atom. The van der Waals surface area contributed by atoms with Crippen molar-refractivity contribution < 1.29 is 14.6 Å². The topological polar surface area (TPSA) is 92.9 Å². The minimum Gasteiger partial charge on any atom is -0.506 e. The van der Waals surface area contributed by atoms with Crippen molar-refractivity contribution in [1.82, 2.24) is 4.57 Å². The lowest BCUT2D eigenvalue weighted by Crippen LogP contribution is -2.40. The van der Waals surface area contributed by atoms with Gasteiger partial charge in [-0.3, -0.25) is 14.2 Å². The van der Waals surface area contributed by atoms with Gasteiger partial charge in [-0.25, -0.2) is 4.99 Å². The molecule has 0 saturated carbocycles. The fraction of sp³-hybridized carbons (Fsp3) is 0.107. The molecule has 1 amide bonds. The number of carbonyl (C=O) groups excluding carboxylic acids is 1. The SMILES string of the molecule is COc1ccc([C@@H]2C(C(=O)Nc3ccccc3)=C(C)N=c3s/c(=C/c4cc(Br)cc(I)c4O)c(=O)n32)cc1. The van der Waals surface area contributed by atoms with Crippen LogP contribution in [0.5, 0.6) is 11.5 Å². The van der Waals surface area contributed by atoms with Gasteiger partial charge in [-0.05, 0) is 77.6 Å². The number of hydrogen-bond donors (Lipinski definition) is 2. The number of anilines is 1. The molecule has 0 radical (unpaired) electrons. The Balaban J connectivity index is 1.70. The molecule has 1 aliphatic heterocycles. The van der Waals surface area contributed by atoms with Gasteiger partial charge in [0.1, 0.15) is 11.5 Å². The second-order valence-corrected chi connectivity index (χ2v) is 11.6. The molecule has 0 bridgehead atoms. The van der Waals surface area contributed by atoms with Gasteiger partial charge in [0.25, 0.3) is 11.5 Å². The molecule has 1 aliphatic rings. The number of fused-ring (bicyclic) bond motifs is 1. The molecule has 5 rings (SSSR count). The molecule has 2 N–H and O–H groups in total. The Kier molecular flexibility index (Phi) is 7.55. The van der Waals surface area contributed by atoms with Gasteiger partial charge in [-0.2, -0.15) is 0 Å². The van der Waals surface area contributed by atoms with Crippen LogP contribution >= 0.6 is 49.9 Å². The fourth-order valence-corrected chi connectivity index (χ4v) is 6.86. The molecule has 0 fully saturated rings. The van der Waals surface area contributed by atoms with Crippen LogP contribution in [0, 0.1) is 3.57 Å². The van der Waals surface area contributed by atoms with Crippen molar-refractivity contribution in [3.63, 3.8) is 0 Å². The molecule has 192 valence electrons. The van der Waals surface area contributed by atoms with Gasteiger partial charge in [0, 0.05) is 15.7 Å². The highest BCUT2D eigenvalue weighted by Gasteiger charge is 2.32. The van der Waals surface area contributed by atoms with Crippen molar-refractivity contribution in [2.24, 2.45) is 4.99 Å². The van der Waals surface area contributed by atoms with E-state index in [1.807, 2.05) is 52.9 Å². The first-order valence-electron chi connectivity index (χ1n) is 11.5. The lowest BCUT2D eigenvalue weighted by molar-refractivity contribution is -0.113. The minimum atomic E-state index is -0.709. The van der Waals surface area contributed by atoms with E-state index >= 15 is 0 Å². The van der Waals surface area contributed by atoms with Crippen molar-refractivity contribution >= 4 is 67.5 Å². The molecular formula is C28H21BrIN3O4S. The second kappa shape index (κ2) is 10.9. The van der Waals surface area contributed by atoms with Crippen molar-refractivity contribution in [2.75, 3.05) is 12.4 Å². The number of nitrogens with one attached hydrogen (secondary N) is 1. The van der Waals surface area contributed by atoms with Crippen molar-refractivity contribution in [3.8, 4) is 11.5 Å². The summed E-state index contributed by atoms with van der Waals surface area (Å²) in [5.41, 5.74) is 2.48. The number of benzene rings is 3. The maximum absolute atomic E-state index is 13.8. The van der Waals surface area contributed by atoms with Crippen molar-refractivity contribution in [3.05, 3.63) is 117 Å². The Morgan fingerprint density at radius 2 is 1.89 bits per heavy atom. The first kappa shape index (κ1) is 26.4. The quantitative estimate of drug-likeness (QED) is 0.288. The number of phenols is 1. The highest BCUT2D eigenvalue weighted by Crippen LogP contribution is 2.32. The number of methoxy groups -OCH3 is 1. The van der Waals surface area contributed by atoms with Gasteiger partial charge >= 0.3 is 0 Å². The number of halogens is 2. The summed E-state index contributed by atoms with van der Waals surface area (Å²) in [6.07, 6.45) is 1.65. The van der Waals surface area contributed by atoms with Crippen LogP contribution in [0.25, 0.3) is 6.08 Å². The second-order valence-electron chi connectivity index (χ2n) is 8.50.